The minimum Gasteiger partial charge on any atom is -0.480 e. The van der Waals surface area contributed by atoms with E-state index in [4.69, 9.17) is 9.47 Å². The highest BCUT2D eigenvalue weighted by atomic mass is 32.1. The maximum absolute atomic E-state index is 13.2. The number of amides is 2. The lowest BCUT2D eigenvalue weighted by atomic mass is 9.99. The van der Waals surface area contributed by atoms with Crippen molar-refractivity contribution in [1.82, 2.24) is 20.2 Å². The Hall–Kier alpha value is -3.14. The molecule has 2 amide bonds. The summed E-state index contributed by atoms with van der Waals surface area (Å²) in [6.07, 6.45) is 1.87. The molecule has 1 atom stereocenters. The van der Waals surface area contributed by atoms with Crippen LogP contribution >= 0.6 is 11.3 Å². The summed E-state index contributed by atoms with van der Waals surface area (Å²) in [6.45, 7) is 6.95. The highest BCUT2D eigenvalue weighted by Gasteiger charge is 2.44. The van der Waals surface area contributed by atoms with Crippen molar-refractivity contribution in [2.75, 3.05) is 32.1 Å². The predicted octanol–water partition coefficient (Wildman–Crippen LogP) is 3.39. The van der Waals surface area contributed by atoms with Gasteiger partial charge >= 0.3 is 6.09 Å². The summed E-state index contributed by atoms with van der Waals surface area (Å²) in [5.74, 6) is 0.294. The third-order valence-electron chi connectivity index (χ3n) is 5.75. The van der Waals surface area contributed by atoms with Gasteiger partial charge in [-0.3, -0.25) is 4.79 Å². The first-order chi connectivity index (χ1) is 15.2. The molecule has 0 saturated carbocycles. The van der Waals surface area contributed by atoms with Crippen LogP contribution in [0, 0.1) is 0 Å². The summed E-state index contributed by atoms with van der Waals surface area (Å²) in [4.78, 5) is 37.1. The smallest absolute Gasteiger partial charge is 0.410 e. The van der Waals surface area contributed by atoms with Crippen molar-refractivity contribution in [3.63, 3.8) is 0 Å². The molecule has 5 rings (SSSR count). The first-order valence-corrected chi connectivity index (χ1v) is 11.3. The Morgan fingerprint density at radius 3 is 2.88 bits per heavy atom. The van der Waals surface area contributed by atoms with Gasteiger partial charge in [-0.05, 0) is 39.3 Å². The van der Waals surface area contributed by atoms with Gasteiger partial charge in [0.05, 0.1) is 35.6 Å². The minimum atomic E-state index is -0.564. The number of aromatic nitrogens is 2. The maximum atomic E-state index is 13.2. The van der Waals surface area contributed by atoms with E-state index in [1.165, 1.54) is 11.3 Å². The number of hydrogen-bond donors (Lipinski definition) is 2. The van der Waals surface area contributed by atoms with E-state index in [-0.39, 0.29) is 12.0 Å². The molecular weight excluding hydrogens is 430 g/mol. The van der Waals surface area contributed by atoms with E-state index in [0.29, 0.717) is 42.3 Å². The van der Waals surface area contributed by atoms with Crippen LogP contribution in [0.3, 0.4) is 0 Å². The van der Waals surface area contributed by atoms with Gasteiger partial charge in [-0.1, -0.05) is 0 Å². The molecule has 1 aromatic carbocycles. The molecule has 9 nitrogen and oxygen atoms in total. The fraction of sp³-hybridized carbons (Fsp3) is 0.455. The molecule has 1 fully saturated rings. The van der Waals surface area contributed by atoms with Crippen LogP contribution in [0.1, 0.15) is 36.9 Å². The molecule has 32 heavy (non-hydrogen) atoms. The van der Waals surface area contributed by atoms with Crippen LogP contribution in [0.5, 0.6) is 5.88 Å². The monoisotopic (exact) mass is 455 g/mol. The van der Waals surface area contributed by atoms with Crippen LogP contribution in [0.15, 0.2) is 18.3 Å². The normalized spacial score (nSPS) is 20.8. The molecule has 0 bridgehead atoms. The van der Waals surface area contributed by atoms with Crippen molar-refractivity contribution in [1.29, 1.82) is 0 Å². The Morgan fingerprint density at radius 2 is 2.12 bits per heavy atom. The average Bonchev–Trinajstić information content (AvgIpc) is 3.29. The Labute approximate surface area is 189 Å². The molecule has 2 N–H and O–H groups in total. The largest absolute Gasteiger partial charge is 0.480 e. The molecule has 10 heteroatoms. The summed E-state index contributed by atoms with van der Waals surface area (Å²) in [5, 5.41) is 7.56. The van der Waals surface area contributed by atoms with Crippen LogP contribution in [-0.2, 0) is 4.74 Å². The van der Waals surface area contributed by atoms with Gasteiger partial charge in [0.15, 0.2) is 0 Å². The second-order valence-electron chi connectivity index (χ2n) is 9.26. The molecule has 1 saturated heterocycles. The number of methoxy groups -OCH3 is 1. The Morgan fingerprint density at radius 1 is 1.31 bits per heavy atom. The topological polar surface area (TPSA) is 106 Å². The van der Waals surface area contributed by atoms with Gasteiger partial charge in [0.1, 0.15) is 10.5 Å². The SMILES string of the molecule is COc1cnc2c(ccc3sc4c(c32)NCC2(CCN(C(=O)OC(C)(C)C)C2)NC4=O)n1. The summed E-state index contributed by atoms with van der Waals surface area (Å²) in [5.41, 5.74) is 1.07. The third kappa shape index (κ3) is 3.48. The van der Waals surface area contributed by atoms with E-state index >= 15 is 0 Å². The summed E-state index contributed by atoms with van der Waals surface area (Å²) in [7, 11) is 1.55. The minimum absolute atomic E-state index is 0.146. The number of ether oxygens (including phenoxy) is 2. The first-order valence-electron chi connectivity index (χ1n) is 10.5. The van der Waals surface area contributed by atoms with Gasteiger partial charge in [-0.15, -0.1) is 11.3 Å². The predicted molar refractivity (Wildman–Crippen MR) is 123 cm³/mol. The Bertz CT molecular complexity index is 1250. The molecule has 3 aromatic rings. The molecule has 1 unspecified atom stereocenters. The zero-order valence-corrected chi connectivity index (χ0v) is 19.3. The van der Waals surface area contributed by atoms with Gasteiger partial charge in [0.25, 0.3) is 5.91 Å². The number of likely N-dealkylation sites (tertiary alicyclic amines) is 1. The Balaban J connectivity index is 1.47. The Kier molecular flexibility index (Phi) is 4.66. The molecule has 0 aliphatic carbocycles. The van der Waals surface area contributed by atoms with Gasteiger partial charge < -0.3 is 25.0 Å². The van der Waals surface area contributed by atoms with E-state index < -0.39 is 11.1 Å². The number of carbonyl (C=O) groups is 2. The van der Waals surface area contributed by atoms with E-state index in [9.17, 15) is 9.59 Å². The van der Waals surface area contributed by atoms with Crippen LogP contribution in [0.4, 0.5) is 10.5 Å². The number of carbonyl (C=O) groups excluding carboxylic acids is 2. The fourth-order valence-corrected chi connectivity index (χ4v) is 5.36. The van der Waals surface area contributed by atoms with Gasteiger partial charge in [0, 0.05) is 29.7 Å². The van der Waals surface area contributed by atoms with E-state index in [2.05, 4.69) is 20.6 Å². The molecule has 168 valence electrons. The number of rotatable bonds is 1. The number of nitrogens with zero attached hydrogens (tertiary/aromatic N) is 3. The maximum Gasteiger partial charge on any atom is 0.410 e. The molecule has 2 aliphatic heterocycles. The lowest BCUT2D eigenvalue weighted by Gasteiger charge is -2.30. The average molecular weight is 456 g/mol. The van der Waals surface area contributed by atoms with Gasteiger partial charge in [0.2, 0.25) is 5.88 Å². The summed E-state index contributed by atoms with van der Waals surface area (Å²) >= 11 is 1.42. The number of nitrogens with one attached hydrogen (secondary N) is 2. The zero-order chi connectivity index (χ0) is 22.7. The lowest BCUT2D eigenvalue weighted by Crippen LogP contribution is -2.54. The molecule has 4 heterocycles. The van der Waals surface area contributed by atoms with Crippen molar-refractivity contribution in [3.8, 4) is 5.88 Å². The molecule has 2 aliphatic rings. The summed E-state index contributed by atoms with van der Waals surface area (Å²) < 4.78 is 11.7. The molecule has 0 radical (unpaired) electrons. The van der Waals surface area contributed by atoms with E-state index in [0.717, 1.165) is 21.3 Å². The van der Waals surface area contributed by atoms with Crippen molar-refractivity contribution >= 4 is 50.1 Å². The quantitative estimate of drug-likeness (QED) is 0.579. The van der Waals surface area contributed by atoms with Crippen LogP contribution in [0.2, 0.25) is 0 Å². The van der Waals surface area contributed by atoms with Crippen LogP contribution in [0.25, 0.3) is 21.1 Å². The van der Waals surface area contributed by atoms with Crippen molar-refractivity contribution in [2.45, 2.75) is 38.3 Å². The number of thiophene rings is 1. The van der Waals surface area contributed by atoms with Crippen molar-refractivity contribution < 1.29 is 19.1 Å². The number of fused-ring (bicyclic) bond motifs is 5. The number of benzene rings is 1. The number of anilines is 1. The van der Waals surface area contributed by atoms with Crippen molar-refractivity contribution in [2.24, 2.45) is 0 Å². The first kappa shape index (κ1) is 20.7. The summed E-state index contributed by atoms with van der Waals surface area (Å²) in [6, 6.07) is 3.84. The highest BCUT2D eigenvalue weighted by Crippen LogP contribution is 2.41. The standard InChI is InChI=1S/C22H25N5O4S/c1-21(2,3)31-20(29)27-8-7-22(11-27)10-24-17-15-13(32-18(17)19(28)26-22)6-5-12-16(15)23-9-14(25-12)30-4/h5-6,9,24H,7-8,10-11H2,1-4H3,(H,26,28). The molecule has 1 spiro atoms. The van der Waals surface area contributed by atoms with Gasteiger partial charge in [-0.25, -0.2) is 14.8 Å². The molecular formula is C22H25N5O4S. The lowest BCUT2D eigenvalue weighted by molar-refractivity contribution is 0.0280. The number of hydrogen-bond acceptors (Lipinski definition) is 8. The second-order valence-corrected chi connectivity index (χ2v) is 10.3. The van der Waals surface area contributed by atoms with E-state index in [1.807, 2.05) is 32.9 Å². The zero-order valence-electron chi connectivity index (χ0n) is 18.4. The molecule has 2 aromatic heterocycles. The highest BCUT2D eigenvalue weighted by molar-refractivity contribution is 7.21. The third-order valence-corrected chi connectivity index (χ3v) is 6.90. The van der Waals surface area contributed by atoms with Crippen molar-refractivity contribution in [3.05, 3.63) is 23.2 Å². The van der Waals surface area contributed by atoms with Gasteiger partial charge in [-0.2, -0.15) is 0 Å². The van der Waals surface area contributed by atoms with Crippen LogP contribution < -0.4 is 15.4 Å². The van der Waals surface area contributed by atoms with E-state index in [1.54, 1.807) is 18.2 Å². The van der Waals surface area contributed by atoms with Crippen LogP contribution in [-0.4, -0.2) is 64.8 Å². The fourth-order valence-electron chi connectivity index (χ4n) is 4.28. The second kappa shape index (κ2) is 7.19.